The lowest BCUT2D eigenvalue weighted by molar-refractivity contribution is -0.114. The normalized spacial score (nSPS) is 13.2. The molecular formula is C25H24F3N. The molecular weight excluding hydrogens is 371 g/mol. The van der Waals surface area contributed by atoms with Gasteiger partial charge in [-0.2, -0.15) is 13.2 Å². The van der Waals surface area contributed by atoms with Crippen LogP contribution in [-0.2, 0) is 6.54 Å². The summed E-state index contributed by atoms with van der Waals surface area (Å²) in [6, 6.07) is 25.2. The summed E-state index contributed by atoms with van der Waals surface area (Å²) in [4.78, 5) is 1.44. The largest absolute Gasteiger partial charge is 0.431 e. The van der Waals surface area contributed by atoms with E-state index in [2.05, 4.69) is 0 Å². The van der Waals surface area contributed by atoms with Crippen LogP contribution in [0.25, 0.3) is 6.08 Å². The standard InChI is InChI=1S/C25H24F3N/c1-19-13-15-21(16-14-19)17-24(25(26,27)28)29(18-22-9-5-3-6-10-22)20(2)23-11-7-4-8-12-23/h3-17,20H,18H2,1-2H3/b24-17-/t20-/m0/s1. The molecule has 4 heteroatoms. The number of hydrogen-bond acceptors (Lipinski definition) is 1. The van der Waals surface area contributed by atoms with Gasteiger partial charge in [-0.1, -0.05) is 90.5 Å². The zero-order valence-electron chi connectivity index (χ0n) is 16.5. The van der Waals surface area contributed by atoms with E-state index in [-0.39, 0.29) is 6.54 Å². The molecule has 0 N–H and O–H groups in total. The van der Waals surface area contributed by atoms with Gasteiger partial charge in [-0.25, -0.2) is 0 Å². The van der Waals surface area contributed by atoms with Crippen molar-refractivity contribution < 1.29 is 13.2 Å². The van der Waals surface area contributed by atoms with Gasteiger partial charge in [-0.15, -0.1) is 0 Å². The number of hydrogen-bond donors (Lipinski definition) is 0. The van der Waals surface area contributed by atoms with Gasteiger partial charge in [-0.3, -0.25) is 0 Å². The van der Waals surface area contributed by atoms with Crippen molar-refractivity contribution >= 4 is 6.08 Å². The van der Waals surface area contributed by atoms with Crippen molar-refractivity contribution in [3.05, 3.63) is 113 Å². The topological polar surface area (TPSA) is 3.24 Å². The molecule has 0 aliphatic carbocycles. The average Bonchev–Trinajstić information content (AvgIpc) is 2.72. The lowest BCUT2D eigenvalue weighted by Crippen LogP contribution is -2.33. The summed E-state index contributed by atoms with van der Waals surface area (Å²) < 4.78 is 42.6. The summed E-state index contributed by atoms with van der Waals surface area (Å²) in [5, 5.41) is 0. The first kappa shape index (κ1) is 20.7. The monoisotopic (exact) mass is 395 g/mol. The van der Waals surface area contributed by atoms with Crippen LogP contribution in [0.4, 0.5) is 13.2 Å². The molecule has 0 aliphatic heterocycles. The van der Waals surface area contributed by atoms with Crippen LogP contribution in [0.3, 0.4) is 0 Å². The maximum absolute atomic E-state index is 14.2. The molecule has 0 aromatic heterocycles. The fraction of sp³-hybridized carbons (Fsp3) is 0.200. The highest BCUT2D eigenvalue weighted by Crippen LogP contribution is 2.37. The van der Waals surface area contributed by atoms with E-state index in [1.165, 1.54) is 11.0 Å². The average molecular weight is 395 g/mol. The molecule has 0 saturated carbocycles. The number of allylic oxidation sites excluding steroid dienone is 1. The van der Waals surface area contributed by atoms with Gasteiger partial charge in [0.05, 0.1) is 6.04 Å². The molecule has 3 aromatic carbocycles. The summed E-state index contributed by atoms with van der Waals surface area (Å²) in [7, 11) is 0. The maximum Gasteiger partial charge on any atom is 0.431 e. The molecule has 0 bridgehead atoms. The molecule has 0 radical (unpaired) electrons. The smallest absolute Gasteiger partial charge is 0.356 e. The second kappa shape index (κ2) is 8.99. The molecule has 0 aliphatic rings. The first-order chi connectivity index (χ1) is 13.8. The van der Waals surface area contributed by atoms with Gasteiger partial charge in [0.1, 0.15) is 5.70 Å². The number of halogens is 3. The van der Waals surface area contributed by atoms with E-state index in [0.29, 0.717) is 5.56 Å². The minimum atomic E-state index is -4.48. The molecule has 29 heavy (non-hydrogen) atoms. The van der Waals surface area contributed by atoms with E-state index in [1.807, 2.05) is 86.6 Å². The van der Waals surface area contributed by atoms with Crippen molar-refractivity contribution in [1.29, 1.82) is 0 Å². The lowest BCUT2D eigenvalue weighted by Gasteiger charge is -2.35. The Kier molecular flexibility index (Phi) is 6.42. The van der Waals surface area contributed by atoms with Gasteiger partial charge in [0.2, 0.25) is 0 Å². The Hall–Kier alpha value is -3.01. The van der Waals surface area contributed by atoms with E-state index in [4.69, 9.17) is 0 Å². The predicted molar refractivity (Wildman–Crippen MR) is 112 cm³/mol. The Morgan fingerprint density at radius 3 is 1.97 bits per heavy atom. The van der Waals surface area contributed by atoms with Gasteiger partial charge in [0.15, 0.2) is 0 Å². The summed E-state index contributed by atoms with van der Waals surface area (Å²) in [6.45, 7) is 3.89. The van der Waals surface area contributed by atoms with Crippen LogP contribution < -0.4 is 0 Å². The number of benzene rings is 3. The number of rotatable bonds is 6. The van der Waals surface area contributed by atoms with Gasteiger partial charge in [0.25, 0.3) is 0 Å². The second-order valence-electron chi connectivity index (χ2n) is 7.14. The van der Waals surface area contributed by atoms with Crippen molar-refractivity contribution in [2.75, 3.05) is 0 Å². The zero-order chi connectivity index (χ0) is 20.9. The SMILES string of the molecule is Cc1ccc(/C=C(\N(Cc2ccccc2)[C@@H](C)c2ccccc2)C(F)(F)F)cc1. The van der Waals surface area contributed by atoms with E-state index < -0.39 is 17.9 Å². The van der Waals surface area contributed by atoms with E-state index in [9.17, 15) is 13.2 Å². The third kappa shape index (κ3) is 5.50. The van der Waals surface area contributed by atoms with Gasteiger partial charge >= 0.3 is 6.18 Å². The molecule has 0 amide bonds. The van der Waals surface area contributed by atoms with E-state index in [0.717, 1.165) is 16.7 Å². The minimum absolute atomic E-state index is 0.161. The summed E-state index contributed by atoms with van der Waals surface area (Å²) in [6.07, 6.45) is -3.25. The molecule has 0 unspecified atom stereocenters. The molecule has 1 nitrogen and oxygen atoms in total. The highest BCUT2D eigenvalue weighted by Gasteiger charge is 2.39. The van der Waals surface area contributed by atoms with Crippen molar-refractivity contribution in [2.24, 2.45) is 0 Å². The summed E-state index contributed by atoms with van der Waals surface area (Å²) in [5.74, 6) is 0. The fourth-order valence-corrected chi connectivity index (χ4v) is 3.27. The van der Waals surface area contributed by atoms with Crippen LogP contribution in [-0.4, -0.2) is 11.1 Å². The van der Waals surface area contributed by atoms with Crippen LogP contribution in [0, 0.1) is 6.92 Å². The molecule has 0 fully saturated rings. The van der Waals surface area contributed by atoms with Crippen LogP contribution in [0.5, 0.6) is 0 Å². The lowest BCUT2D eigenvalue weighted by atomic mass is 10.0. The van der Waals surface area contributed by atoms with Gasteiger partial charge in [-0.05, 0) is 36.6 Å². The molecule has 1 atom stereocenters. The molecule has 3 aromatic rings. The quantitative estimate of drug-likeness (QED) is 0.428. The second-order valence-corrected chi connectivity index (χ2v) is 7.14. The Morgan fingerprint density at radius 2 is 1.41 bits per heavy atom. The molecule has 3 rings (SSSR count). The Morgan fingerprint density at radius 1 is 0.862 bits per heavy atom. The first-order valence-corrected chi connectivity index (χ1v) is 9.55. The molecule has 0 spiro atoms. The van der Waals surface area contributed by atoms with Crippen LogP contribution in [0.1, 0.15) is 35.2 Å². The minimum Gasteiger partial charge on any atom is -0.356 e. The summed E-state index contributed by atoms with van der Waals surface area (Å²) >= 11 is 0. The number of aryl methyl sites for hydroxylation is 1. The third-order valence-corrected chi connectivity index (χ3v) is 4.93. The summed E-state index contributed by atoms with van der Waals surface area (Å²) in [5.41, 5.74) is 2.55. The van der Waals surface area contributed by atoms with Gasteiger partial charge in [0, 0.05) is 6.54 Å². The Labute approximate surface area is 170 Å². The highest BCUT2D eigenvalue weighted by atomic mass is 19.4. The number of alkyl halides is 3. The van der Waals surface area contributed by atoms with Crippen molar-refractivity contribution in [3.8, 4) is 0 Å². The Bertz CT molecular complexity index is 929. The third-order valence-electron chi connectivity index (χ3n) is 4.93. The van der Waals surface area contributed by atoms with E-state index >= 15 is 0 Å². The first-order valence-electron chi connectivity index (χ1n) is 9.55. The van der Waals surface area contributed by atoms with E-state index in [1.54, 1.807) is 12.1 Å². The predicted octanol–water partition coefficient (Wildman–Crippen LogP) is 7.16. The molecule has 0 heterocycles. The van der Waals surface area contributed by atoms with Crippen LogP contribution in [0.15, 0.2) is 90.6 Å². The van der Waals surface area contributed by atoms with Crippen molar-refractivity contribution in [2.45, 2.75) is 32.6 Å². The fourth-order valence-electron chi connectivity index (χ4n) is 3.27. The van der Waals surface area contributed by atoms with Crippen LogP contribution in [0.2, 0.25) is 0 Å². The Balaban J connectivity index is 2.08. The maximum atomic E-state index is 14.2. The number of nitrogens with zero attached hydrogens (tertiary/aromatic N) is 1. The van der Waals surface area contributed by atoms with Crippen molar-refractivity contribution in [3.63, 3.8) is 0 Å². The zero-order valence-corrected chi connectivity index (χ0v) is 16.5. The van der Waals surface area contributed by atoms with Crippen molar-refractivity contribution in [1.82, 2.24) is 4.90 Å². The van der Waals surface area contributed by atoms with Crippen LogP contribution >= 0.6 is 0 Å². The molecule has 150 valence electrons. The molecule has 0 saturated heterocycles. The highest BCUT2D eigenvalue weighted by molar-refractivity contribution is 5.54. The van der Waals surface area contributed by atoms with Gasteiger partial charge < -0.3 is 4.90 Å².